The van der Waals surface area contributed by atoms with Crippen molar-refractivity contribution in [2.24, 2.45) is 0 Å². The van der Waals surface area contributed by atoms with Gasteiger partial charge in [0.1, 0.15) is 17.2 Å². The van der Waals surface area contributed by atoms with Gasteiger partial charge >= 0.3 is 0 Å². The van der Waals surface area contributed by atoms with E-state index in [9.17, 15) is 0 Å². The number of nitrogens with two attached hydrogens (primary N) is 1. The summed E-state index contributed by atoms with van der Waals surface area (Å²) in [6.45, 7) is 7.49. The molecule has 0 spiro atoms. The molecule has 0 radical (unpaired) electrons. The molecular weight excluding hydrogens is 578 g/mol. The molecule has 0 amide bonds. The van der Waals surface area contributed by atoms with Crippen LogP contribution in [0.1, 0.15) is 12.6 Å². The second kappa shape index (κ2) is 11.7. The van der Waals surface area contributed by atoms with Crippen LogP contribution in [0.5, 0.6) is 5.75 Å². The van der Waals surface area contributed by atoms with Crippen LogP contribution in [0.2, 0.25) is 0 Å². The molecule has 0 aliphatic carbocycles. The molecule has 5 aromatic rings. The summed E-state index contributed by atoms with van der Waals surface area (Å²) in [5, 5.41) is 0. The number of ether oxygens (including phenoxy) is 1. The number of methoxy groups -OCH3 is 1. The van der Waals surface area contributed by atoms with Crippen LogP contribution in [0, 0.1) is 0 Å². The number of hydrogen-bond acceptors (Lipinski definition) is 7. The summed E-state index contributed by atoms with van der Waals surface area (Å²) >= 11 is 3.63. The van der Waals surface area contributed by atoms with E-state index in [1.807, 2.05) is 60.7 Å². The first-order valence-electron chi connectivity index (χ1n) is 13.7. The van der Waals surface area contributed by atoms with Crippen LogP contribution in [0.15, 0.2) is 96.1 Å². The van der Waals surface area contributed by atoms with Crippen LogP contribution in [0.25, 0.3) is 33.8 Å². The Morgan fingerprint density at radius 1 is 0.976 bits per heavy atom. The average molecular weight is 611 g/mol. The predicted octanol–water partition coefficient (Wildman–Crippen LogP) is 6.41. The van der Waals surface area contributed by atoms with Gasteiger partial charge in [0.2, 0.25) is 0 Å². The molecule has 1 unspecified atom stereocenters. The summed E-state index contributed by atoms with van der Waals surface area (Å²) in [6, 6.07) is 24.3. The molecule has 3 aromatic heterocycles. The molecule has 1 saturated heterocycles. The fourth-order valence-electron chi connectivity index (χ4n) is 5.60. The van der Waals surface area contributed by atoms with E-state index in [2.05, 4.69) is 60.1 Å². The van der Waals surface area contributed by atoms with Crippen molar-refractivity contribution in [1.29, 1.82) is 0 Å². The molecule has 1 aliphatic heterocycles. The number of fused-ring (bicyclic) bond motifs is 1. The lowest BCUT2D eigenvalue weighted by Gasteiger charge is -2.41. The van der Waals surface area contributed by atoms with Crippen molar-refractivity contribution >= 4 is 38.6 Å². The fourth-order valence-corrected chi connectivity index (χ4v) is 6.12. The Morgan fingerprint density at radius 3 is 2.51 bits per heavy atom. The zero-order valence-electron chi connectivity index (χ0n) is 22.9. The van der Waals surface area contributed by atoms with Gasteiger partial charge in [0.15, 0.2) is 11.4 Å². The van der Waals surface area contributed by atoms with Gasteiger partial charge < -0.3 is 15.4 Å². The molecule has 41 heavy (non-hydrogen) atoms. The lowest BCUT2D eigenvalue weighted by molar-refractivity contribution is 0.136. The minimum Gasteiger partial charge on any atom is -0.493 e. The quantitative estimate of drug-likeness (QED) is 0.203. The summed E-state index contributed by atoms with van der Waals surface area (Å²) in [6.07, 6.45) is 4.33. The number of anilines is 2. The first-order valence-corrected chi connectivity index (χ1v) is 14.5. The van der Waals surface area contributed by atoms with Crippen molar-refractivity contribution in [2.75, 3.05) is 43.9 Å². The van der Waals surface area contributed by atoms with Gasteiger partial charge in [-0.05, 0) is 58.7 Å². The van der Waals surface area contributed by atoms with Gasteiger partial charge in [-0.15, -0.1) is 6.58 Å². The van der Waals surface area contributed by atoms with Crippen LogP contribution < -0.4 is 15.4 Å². The third kappa shape index (κ3) is 5.18. The van der Waals surface area contributed by atoms with Crippen LogP contribution in [-0.4, -0.2) is 57.7 Å². The van der Waals surface area contributed by atoms with Crippen molar-refractivity contribution in [3.05, 3.63) is 96.1 Å². The number of hydrogen-bond donors (Lipinski definition) is 1. The van der Waals surface area contributed by atoms with Gasteiger partial charge in [0.05, 0.1) is 34.7 Å². The number of nitrogen functional groups attached to an aromatic ring is 1. The average Bonchev–Trinajstić information content (AvgIpc) is 3.38. The predicted molar refractivity (Wildman–Crippen MR) is 169 cm³/mol. The number of imidazole rings is 1. The molecule has 8 nitrogen and oxygen atoms in total. The van der Waals surface area contributed by atoms with E-state index < -0.39 is 0 Å². The van der Waals surface area contributed by atoms with E-state index >= 15 is 0 Å². The smallest absolute Gasteiger partial charge is 0.162 e. The summed E-state index contributed by atoms with van der Waals surface area (Å²) in [5.41, 5.74) is 11.9. The highest BCUT2D eigenvalue weighted by Crippen LogP contribution is 2.38. The molecule has 1 atom stereocenters. The van der Waals surface area contributed by atoms with Gasteiger partial charge in [-0.2, -0.15) is 0 Å². The highest BCUT2D eigenvalue weighted by Gasteiger charge is 2.30. The zero-order valence-corrected chi connectivity index (χ0v) is 24.5. The van der Waals surface area contributed by atoms with Crippen molar-refractivity contribution in [3.63, 3.8) is 0 Å². The number of para-hydroxylation sites is 1. The van der Waals surface area contributed by atoms with E-state index in [1.165, 1.54) is 0 Å². The van der Waals surface area contributed by atoms with Crippen molar-refractivity contribution in [3.8, 4) is 28.4 Å². The topological polar surface area (TPSA) is 85.3 Å². The molecule has 0 saturated carbocycles. The molecule has 208 valence electrons. The second-order valence-corrected chi connectivity index (χ2v) is 10.8. The SMILES string of the molecule is C=CCC(N1CCN(c2cccc(Br)c2OC)CC1)n1c(-c2cccnc2N)nc2ccc(-c3ccccc3)nc21. The molecule has 4 heterocycles. The molecule has 9 heteroatoms. The fraction of sp³-hybridized carbons (Fsp3) is 0.219. The number of aromatic nitrogens is 4. The Morgan fingerprint density at radius 2 is 1.78 bits per heavy atom. The van der Waals surface area contributed by atoms with Crippen LogP contribution in [0.3, 0.4) is 0 Å². The Labute approximate surface area is 248 Å². The number of piperazine rings is 1. The number of rotatable bonds is 8. The monoisotopic (exact) mass is 609 g/mol. The van der Waals surface area contributed by atoms with E-state index in [4.69, 9.17) is 20.4 Å². The highest BCUT2D eigenvalue weighted by atomic mass is 79.9. The number of benzene rings is 2. The van der Waals surface area contributed by atoms with Crippen molar-refractivity contribution in [1.82, 2.24) is 24.4 Å². The highest BCUT2D eigenvalue weighted by molar-refractivity contribution is 9.10. The molecule has 0 bridgehead atoms. The maximum Gasteiger partial charge on any atom is 0.162 e. The molecule has 2 aromatic carbocycles. The Bertz CT molecular complexity index is 1680. The Balaban J connectivity index is 1.42. The van der Waals surface area contributed by atoms with Gasteiger partial charge in [-0.3, -0.25) is 9.47 Å². The van der Waals surface area contributed by atoms with E-state index in [1.54, 1.807) is 13.3 Å². The van der Waals surface area contributed by atoms with E-state index in [-0.39, 0.29) is 6.17 Å². The normalized spacial score (nSPS) is 14.7. The second-order valence-electron chi connectivity index (χ2n) is 9.97. The summed E-state index contributed by atoms with van der Waals surface area (Å²) in [5.74, 6) is 2.05. The number of nitrogens with zero attached hydrogens (tertiary/aromatic N) is 6. The lowest BCUT2D eigenvalue weighted by Crippen LogP contribution is -2.49. The minimum atomic E-state index is -0.0582. The summed E-state index contributed by atoms with van der Waals surface area (Å²) in [4.78, 5) is 19.4. The van der Waals surface area contributed by atoms with Crippen molar-refractivity contribution < 1.29 is 4.74 Å². The molecule has 2 N–H and O–H groups in total. The lowest BCUT2D eigenvalue weighted by atomic mass is 10.1. The Kier molecular flexibility index (Phi) is 7.71. The van der Waals surface area contributed by atoms with E-state index in [0.717, 1.165) is 82.3 Å². The molecule has 1 fully saturated rings. The van der Waals surface area contributed by atoms with Crippen LogP contribution >= 0.6 is 15.9 Å². The van der Waals surface area contributed by atoms with Gasteiger partial charge in [-0.1, -0.05) is 42.5 Å². The van der Waals surface area contributed by atoms with Gasteiger partial charge in [0.25, 0.3) is 0 Å². The Hall–Kier alpha value is -4.21. The number of pyridine rings is 2. The minimum absolute atomic E-state index is 0.0582. The van der Waals surface area contributed by atoms with Crippen LogP contribution in [-0.2, 0) is 0 Å². The first-order chi connectivity index (χ1) is 20.1. The van der Waals surface area contributed by atoms with E-state index in [0.29, 0.717) is 5.82 Å². The molecule has 6 rings (SSSR count). The van der Waals surface area contributed by atoms with Gasteiger partial charge in [0, 0.05) is 37.9 Å². The largest absolute Gasteiger partial charge is 0.493 e. The molecule has 1 aliphatic rings. The van der Waals surface area contributed by atoms with Crippen molar-refractivity contribution in [2.45, 2.75) is 12.6 Å². The number of halogens is 1. The zero-order chi connectivity index (χ0) is 28.3. The summed E-state index contributed by atoms with van der Waals surface area (Å²) in [7, 11) is 1.71. The maximum absolute atomic E-state index is 6.40. The van der Waals surface area contributed by atoms with Gasteiger partial charge in [-0.25, -0.2) is 15.0 Å². The van der Waals surface area contributed by atoms with Crippen LogP contribution in [0.4, 0.5) is 11.5 Å². The standard InChI is InChI=1S/C32H32BrN7O/c1-3-9-28(39-20-18-38(19-21-39)27-14-7-13-24(33)29(27)41-2)40-31(23-12-8-17-35-30(23)34)37-26-16-15-25(36-32(26)40)22-10-5-4-6-11-22/h3-8,10-17,28H,1,9,18-21H2,2H3,(H2,34,35). The third-order valence-electron chi connectivity index (χ3n) is 7.59. The summed E-state index contributed by atoms with van der Waals surface area (Å²) < 4.78 is 8.90. The third-order valence-corrected chi connectivity index (χ3v) is 8.21. The first kappa shape index (κ1) is 27.0. The molecular formula is C32H32BrN7O. The maximum atomic E-state index is 6.40.